The molecule has 1 unspecified atom stereocenters. The number of fused-ring (bicyclic) bond motifs is 1. The third-order valence-electron chi connectivity index (χ3n) is 3.68. The molecule has 0 bridgehead atoms. The van der Waals surface area contributed by atoms with Crippen molar-refractivity contribution in [3.63, 3.8) is 0 Å². The van der Waals surface area contributed by atoms with Gasteiger partial charge in [0.25, 0.3) is 5.56 Å². The van der Waals surface area contributed by atoms with Gasteiger partial charge < -0.3 is 10.3 Å². The van der Waals surface area contributed by atoms with Crippen LogP contribution in [0.1, 0.15) is 54.9 Å². The summed E-state index contributed by atoms with van der Waals surface area (Å²) >= 11 is 1.82. The monoisotopic (exact) mass is 289 g/mol. The van der Waals surface area contributed by atoms with Crippen molar-refractivity contribution in [2.24, 2.45) is 0 Å². The molecule has 106 valence electrons. The molecule has 0 saturated heterocycles. The van der Waals surface area contributed by atoms with Crippen LogP contribution in [0.4, 0.5) is 5.82 Å². The van der Waals surface area contributed by atoms with Crippen LogP contribution in [-0.2, 0) is 6.42 Å². The van der Waals surface area contributed by atoms with E-state index in [9.17, 15) is 4.79 Å². The first kappa shape index (κ1) is 13.4. The number of H-pyrrole nitrogens is 1. The Kier molecular flexibility index (Phi) is 3.61. The number of rotatable bonds is 3. The maximum atomic E-state index is 11.7. The summed E-state index contributed by atoms with van der Waals surface area (Å²) in [5.74, 6) is 1.63. The van der Waals surface area contributed by atoms with Gasteiger partial charge in [0, 0.05) is 16.9 Å². The van der Waals surface area contributed by atoms with Crippen molar-refractivity contribution >= 4 is 17.2 Å². The van der Waals surface area contributed by atoms with E-state index in [1.807, 2.05) is 25.2 Å². The third kappa shape index (κ3) is 2.63. The lowest BCUT2D eigenvalue weighted by atomic mass is 9.94. The van der Waals surface area contributed by atoms with E-state index in [4.69, 9.17) is 0 Å². The second kappa shape index (κ2) is 5.40. The molecule has 20 heavy (non-hydrogen) atoms. The van der Waals surface area contributed by atoms with Gasteiger partial charge in [-0.1, -0.05) is 13.8 Å². The summed E-state index contributed by atoms with van der Waals surface area (Å²) in [5, 5.41) is 5.58. The zero-order valence-electron chi connectivity index (χ0n) is 11.8. The van der Waals surface area contributed by atoms with E-state index in [2.05, 4.69) is 26.7 Å². The molecule has 2 aromatic rings. The van der Waals surface area contributed by atoms with E-state index in [-0.39, 0.29) is 17.5 Å². The molecule has 0 amide bonds. The highest BCUT2D eigenvalue weighted by atomic mass is 32.1. The predicted molar refractivity (Wildman–Crippen MR) is 82.6 cm³/mol. The average Bonchev–Trinajstić information content (AvgIpc) is 2.87. The largest absolute Gasteiger partial charge is 0.363 e. The third-order valence-corrected chi connectivity index (χ3v) is 4.68. The zero-order chi connectivity index (χ0) is 14.1. The van der Waals surface area contributed by atoms with Gasteiger partial charge in [0.15, 0.2) is 0 Å². The first-order chi connectivity index (χ1) is 9.63. The van der Waals surface area contributed by atoms with Crippen molar-refractivity contribution in [1.82, 2.24) is 9.97 Å². The second-order valence-electron chi connectivity index (χ2n) is 5.56. The molecule has 3 rings (SSSR count). The second-order valence-corrected chi connectivity index (χ2v) is 6.56. The van der Waals surface area contributed by atoms with E-state index in [0.717, 1.165) is 12.2 Å². The molecule has 2 N–H and O–H groups in total. The molecule has 4 nitrogen and oxygen atoms in total. The number of aromatic nitrogens is 2. The molecule has 1 aliphatic rings. The summed E-state index contributed by atoms with van der Waals surface area (Å²) in [5.41, 5.74) is 1.28. The lowest BCUT2D eigenvalue weighted by Crippen LogP contribution is -2.19. The van der Waals surface area contributed by atoms with Gasteiger partial charge in [0.2, 0.25) is 0 Å². The van der Waals surface area contributed by atoms with Crippen molar-refractivity contribution in [2.45, 2.75) is 45.1 Å². The fourth-order valence-corrected chi connectivity index (χ4v) is 3.63. The molecule has 0 radical (unpaired) electrons. The summed E-state index contributed by atoms with van der Waals surface area (Å²) < 4.78 is 0. The zero-order valence-corrected chi connectivity index (χ0v) is 12.6. The maximum Gasteiger partial charge on any atom is 0.252 e. The van der Waals surface area contributed by atoms with Crippen LogP contribution < -0.4 is 10.9 Å². The summed E-state index contributed by atoms with van der Waals surface area (Å²) in [6.07, 6.45) is 3.45. The number of nitrogens with one attached hydrogen (secondary N) is 2. The fraction of sp³-hybridized carbons (Fsp3) is 0.467. The number of aryl methyl sites for hydroxylation is 1. The molecule has 2 heterocycles. The minimum Gasteiger partial charge on any atom is -0.363 e. The highest BCUT2D eigenvalue weighted by Gasteiger charge is 2.21. The number of hydrogen-bond donors (Lipinski definition) is 2. The van der Waals surface area contributed by atoms with Gasteiger partial charge in [-0.05, 0) is 36.3 Å². The Bertz CT molecular complexity index is 659. The van der Waals surface area contributed by atoms with Crippen LogP contribution in [0.3, 0.4) is 0 Å². The molecular weight excluding hydrogens is 270 g/mol. The Morgan fingerprint density at radius 3 is 3.15 bits per heavy atom. The van der Waals surface area contributed by atoms with Crippen LogP contribution in [0.25, 0.3) is 0 Å². The van der Waals surface area contributed by atoms with Crippen molar-refractivity contribution in [3.05, 3.63) is 44.1 Å². The van der Waals surface area contributed by atoms with E-state index in [1.165, 1.54) is 23.3 Å². The van der Waals surface area contributed by atoms with Crippen LogP contribution in [0.2, 0.25) is 0 Å². The highest BCUT2D eigenvalue weighted by Crippen LogP contribution is 2.35. The van der Waals surface area contributed by atoms with E-state index in [0.29, 0.717) is 5.82 Å². The van der Waals surface area contributed by atoms with Crippen molar-refractivity contribution < 1.29 is 0 Å². The molecule has 0 spiro atoms. The topological polar surface area (TPSA) is 57.8 Å². The smallest absolute Gasteiger partial charge is 0.252 e. The lowest BCUT2D eigenvalue weighted by Gasteiger charge is -2.24. The first-order valence-electron chi connectivity index (χ1n) is 7.07. The van der Waals surface area contributed by atoms with Gasteiger partial charge in [0.1, 0.15) is 11.6 Å². The number of nitrogens with zero attached hydrogens (tertiary/aromatic N) is 1. The lowest BCUT2D eigenvalue weighted by molar-refractivity contribution is 0.605. The maximum absolute atomic E-state index is 11.7. The number of thiophene rings is 1. The van der Waals surface area contributed by atoms with Crippen molar-refractivity contribution in [2.75, 3.05) is 5.32 Å². The van der Waals surface area contributed by atoms with Gasteiger partial charge >= 0.3 is 0 Å². The minimum absolute atomic E-state index is 0.0902. The molecule has 2 aromatic heterocycles. The van der Waals surface area contributed by atoms with Crippen LogP contribution in [-0.4, -0.2) is 9.97 Å². The first-order valence-corrected chi connectivity index (χ1v) is 7.95. The number of hydrogen-bond acceptors (Lipinski definition) is 4. The van der Waals surface area contributed by atoms with Crippen molar-refractivity contribution in [1.29, 1.82) is 0 Å². The molecular formula is C15H19N3OS. The molecule has 1 aliphatic carbocycles. The molecule has 0 aromatic carbocycles. The van der Waals surface area contributed by atoms with Gasteiger partial charge in [-0.3, -0.25) is 4.79 Å². The Morgan fingerprint density at radius 1 is 1.50 bits per heavy atom. The van der Waals surface area contributed by atoms with Gasteiger partial charge in [-0.25, -0.2) is 4.98 Å². The number of aromatic amines is 1. The molecule has 0 saturated carbocycles. The quantitative estimate of drug-likeness (QED) is 0.910. The van der Waals surface area contributed by atoms with E-state index >= 15 is 0 Å². The SMILES string of the molecule is CC(C)c1nc(NC2CCCc3sccc32)cc(=O)[nH]1. The minimum atomic E-state index is -0.0902. The molecule has 1 atom stereocenters. The molecule has 0 aliphatic heterocycles. The van der Waals surface area contributed by atoms with Crippen molar-refractivity contribution in [3.8, 4) is 0 Å². The summed E-state index contributed by atoms with van der Waals surface area (Å²) in [4.78, 5) is 20.5. The van der Waals surface area contributed by atoms with Crippen LogP contribution >= 0.6 is 11.3 Å². The fourth-order valence-electron chi connectivity index (χ4n) is 2.64. The highest BCUT2D eigenvalue weighted by molar-refractivity contribution is 7.10. The molecule has 0 fully saturated rings. The standard InChI is InChI=1S/C15H19N3OS/c1-9(2)15-17-13(8-14(19)18-15)16-11-4-3-5-12-10(11)6-7-20-12/h6-9,11H,3-5H2,1-2H3,(H2,16,17,18,19). The van der Waals surface area contributed by atoms with Gasteiger partial charge in [-0.2, -0.15) is 0 Å². The average molecular weight is 289 g/mol. The van der Waals surface area contributed by atoms with Gasteiger partial charge in [0.05, 0.1) is 6.04 Å². The van der Waals surface area contributed by atoms with Crippen LogP contribution in [0, 0.1) is 0 Å². The van der Waals surface area contributed by atoms with Crippen LogP contribution in [0.15, 0.2) is 22.3 Å². The summed E-state index contributed by atoms with van der Waals surface area (Å²) in [6, 6.07) is 4.01. The Morgan fingerprint density at radius 2 is 2.35 bits per heavy atom. The Labute approximate surface area is 122 Å². The summed E-state index contributed by atoms with van der Waals surface area (Å²) in [6.45, 7) is 4.05. The van der Waals surface area contributed by atoms with Crippen LogP contribution in [0.5, 0.6) is 0 Å². The van der Waals surface area contributed by atoms with E-state index < -0.39 is 0 Å². The number of anilines is 1. The van der Waals surface area contributed by atoms with E-state index in [1.54, 1.807) is 6.07 Å². The molecule has 5 heteroatoms. The normalized spacial score (nSPS) is 18.1. The van der Waals surface area contributed by atoms with Gasteiger partial charge in [-0.15, -0.1) is 11.3 Å². The Balaban J connectivity index is 1.88. The summed E-state index contributed by atoms with van der Waals surface area (Å²) in [7, 11) is 0. The Hall–Kier alpha value is -1.62. The predicted octanol–water partition coefficient (Wildman–Crippen LogP) is 3.44.